The monoisotopic (exact) mass is 301 g/mol. The fourth-order valence-electron chi connectivity index (χ4n) is 1.59. The molecule has 0 aliphatic heterocycles. The minimum Gasteiger partial charge on any atom is -0.480 e. The summed E-state index contributed by atoms with van der Waals surface area (Å²) in [6, 6.07) is -2.30. The first-order valence-electron chi connectivity index (χ1n) is 7.35. The number of carbonyl (C=O) groups is 3. The summed E-state index contributed by atoms with van der Waals surface area (Å²) in [7, 11) is 0. The van der Waals surface area contributed by atoms with Gasteiger partial charge in [-0.05, 0) is 19.3 Å². The van der Waals surface area contributed by atoms with E-state index in [0.29, 0.717) is 25.3 Å². The van der Waals surface area contributed by atoms with Crippen LogP contribution in [0.25, 0.3) is 0 Å². The van der Waals surface area contributed by atoms with Gasteiger partial charge in [-0.3, -0.25) is 4.79 Å². The molecule has 4 N–H and O–H groups in total. The molecule has 0 aliphatic carbocycles. The average Bonchev–Trinajstić information content (AvgIpc) is 2.40. The molecule has 3 amide bonds. The van der Waals surface area contributed by atoms with Crippen LogP contribution >= 0.6 is 0 Å². The molecule has 0 spiro atoms. The largest absolute Gasteiger partial charge is 0.480 e. The Balaban J connectivity index is 4.26. The molecule has 0 saturated carbocycles. The molecule has 21 heavy (non-hydrogen) atoms. The maximum absolute atomic E-state index is 11.7. The number of carboxylic acids is 1. The smallest absolute Gasteiger partial charge is 0.326 e. The summed E-state index contributed by atoms with van der Waals surface area (Å²) < 4.78 is 0. The molecule has 0 aromatic heterocycles. The van der Waals surface area contributed by atoms with E-state index in [1.54, 1.807) is 6.92 Å². The Labute approximate surface area is 125 Å². The van der Waals surface area contributed by atoms with Crippen molar-refractivity contribution >= 4 is 17.9 Å². The third-order valence-electron chi connectivity index (χ3n) is 2.88. The maximum atomic E-state index is 11.7. The highest BCUT2D eigenvalue weighted by Gasteiger charge is 2.21. The van der Waals surface area contributed by atoms with Crippen molar-refractivity contribution in [3.05, 3.63) is 0 Å². The van der Waals surface area contributed by atoms with Crippen LogP contribution in [0.1, 0.15) is 47.0 Å². The lowest BCUT2D eigenvalue weighted by Crippen LogP contribution is -2.52. The van der Waals surface area contributed by atoms with Gasteiger partial charge in [-0.1, -0.05) is 33.6 Å². The number of hydrogen-bond acceptors (Lipinski definition) is 3. The van der Waals surface area contributed by atoms with E-state index in [0.717, 1.165) is 6.42 Å². The van der Waals surface area contributed by atoms with Gasteiger partial charge in [-0.25, -0.2) is 9.59 Å². The molecule has 0 saturated heterocycles. The van der Waals surface area contributed by atoms with Crippen LogP contribution in [-0.4, -0.2) is 41.6 Å². The van der Waals surface area contributed by atoms with Crippen molar-refractivity contribution in [1.82, 2.24) is 16.0 Å². The second-order valence-electron chi connectivity index (χ2n) is 5.51. The normalized spacial score (nSPS) is 13.4. The van der Waals surface area contributed by atoms with Crippen LogP contribution in [0.2, 0.25) is 0 Å². The van der Waals surface area contributed by atoms with Crippen molar-refractivity contribution in [2.75, 3.05) is 6.54 Å². The first-order chi connectivity index (χ1) is 9.77. The molecule has 1 unspecified atom stereocenters. The first-order valence-corrected chi connectivity index (χ1v) is 7.35. The van der Waals surface area contributed by atoms with Crippen LogP contribution in [0.3, 0.4) is 0 Å². The van der Waals surface area contributed by atoms with E-state index in [1.807, 2.05) is 20.8 Å². The van der Waals surface area contributed by atoms with Gasteiger partial charge in [0.1, 0.15) is 12.1 Å². The molecule has 122 valence electrons. The lowest BCUT2D eigenvalue weighted by atomic mass is 10.1. The zero-order chi connectivity index (χ0) is 16.4. The van der Waals surface area contributed by atoms with Crippen molar-refractivity contribution in [2.45, 2.75) is 59.0 Å². The molecule has 0 heterocycles. The van der Waals surface area contributed by atoms with Gasteiger partial charge in [0.2, 0.25) is 5.91 Å². The van der Waals surface area contributed by atoms with Crippen molar-refractivity contribution in [2.24, 2.45) is 5.92 Å². The second-order valence-corrected chi connectivity index (χ2v) is 5.51. The minimum atomic E-state index is -1.07. The lowest BCUT2D eigenvalue weighted by molar-refractivity contribution is -0.139. The maximum Gasteiger partial charge on any atom is 0.326 e. The minimum absolute atomic E-state index is 0.292. The Morgan fingerprint density at radius 2 is 1.71 bits per heavy atom. The van der Waals surface area contributed by atoms with Crippen molar-refractivity contribution in [3.63, 3.8) is 0 Å². The summed E-state index contributed by atoms with van der Waals surface area (Å²) in [5.41, 5.74) is 0. The third-order valence-corrected chi connectivity index (χ3v) is 2.88. The summed E-state index contributed by atoms with van der Waals surface area (Å²) in [6.45, 7) is 7.96. The van der Waals surface area contributed by atoms with Gasteiger partial charge in [0.15, 0.2) is 0 Å². The number of nitrogens with one attached hydrogen (secondary N) is 3. The Hall–Kier alpha value is -1.79. The zero-order valence-electron chi connectivity index (χ0n) is 13.2. The fraction of sp³-hybridized carbons (Fsp3) is 0.786. The molecule has 0 aromatic carbocycles. The van der Waals surface area contributed by atoms with E-state index in [-0.39, 0.29) is 5.91 Å². The van der Waals surface area contributed by atoms with Gasteiger partial charge in [-0.15, -0.1) is 0 Å². The highest BCUT2D eigenvalue weighted by Crippen LogP contribution is 2.01. The third kappa shape index (κ3) is 8.88. The highest BCUT2D eigenvalue weighted by molar-refractivity contribution is 5.88. The van der Waals surface area contributed by atoms with Crippen LogP contribution in [0, 0.1) is 5.92 Å². The topological polar surface area (TPSA) is 108 Å². The standard InChI is InChI=1S/C14H27N3O4/c1-5-6-7-11(13(19)20)17-14(21)16-10(4)12(18)15-8-9(2)3/h9-11H,5-8H2,1-4H3,(H,15,18)(H,19,20)(H2,16,17,21)/t10?,11-/m0/s1. The predicted molar refractivity (Wildman–Crippen MR) is 79.9 cm³/mol. The van der Waals surface area contributed by atoms with Gasteiger partial charge in [0, 0.05) is 6.54 Å². The molecule has 0 bridgehead atoms. The number of rotatable bonds is 9. The number of carbonyl (C=O) groups excluding carboxylic acids is 2. The Kier molecular flexibility index (Phi) is 9.16. The van der Waals surface area contributed by atoms with E-state index in [4.69, 9.17) is 5.11 Å². The molecule has 0 aromatic rings. The summed E-state index contributed by atoms with van der Waals surface area (Å²) in [5, 5.41) is 16.5. The average molecular weight is 301 g/mol. The summed E-state index contributed by atoms with van der Waals surface area (Å²) in [4.78, 5) is 34.4. The van der Waals surface area contributed by atoms with Gasteiger partial charge in [0.05, 0.1) is 0 Å². The number of carboxylic acid groups (broad SMARTS) is 1. The molecule has 0 rings (SSSR count). The van der Waals surface area contributed by atoms with Crippen LogP contribution in [-0.2, 0) is 9.59 Å². The van der Waals surface area contributed by atoms with Crippen molar-refractivity contribution in [3.8, 4) is 0 Å². The molecular formula is C14H27N3O4. The van der Waals surface area contributed by atoms with Crippen LogP contribution in [0.15, 0.2) is 0 Å². The second kappa shape index (κ2) is 10.0. The number of urea groups is 1. The van der Waals surface area contributed by atoms with Crippen LogP contribution < -0.4 is 16.0 Å². The molecule has 0 radical (unpaired) electrons. The number of hydrogen-bond donors (Lipinski definition) is 4. The highest BCUT2D eigenvalue weighted by atomic mass is 16.4. The molecule has 0 fully saturated rings. The fourth-order valence-corrected chi connectivity index (χ4v) is 1.59. The molecule has 0 aliphatic rings. The Bertz CT molecular complexity index is 358. The molecule has 7 nitrogen and oxygen atoms in total. The van der Waals surface area contributed by atoms with Gasteiger partial charge >= 0.3 is 12.0 Å². The number of aliphatic carboxylic acids is 1. The van der Waals surface area contributed by atoms with E-state index in [1.165, 1.54) is 0 Å². The van der Waals surface area contributed by atoms with Crippen molar-refractivity contribution < 1.29 is 19.5 Å². The molecular weight excluding hydrogens is 274 g/mol. The first kappa shape index (κ1) is 19.2. The van der Waals surface area contributed by atoms with Gasteiger partial charge < -0.3 is 21.1 Å². The Morgan fingerprint density at radius 3 is 2.19 bits per heavy atom. The van der Waals surface area contributed by atoms with E-state index in [2.05, 4.69) is 16.0 Å². The Morgan fingerprint density at radius 1 is 1.10 bits per heavy atom. The zero-order valence-corrected chi connectivity index (χ0v) is 13.2. The lowest BCUT2D eigenvalue weighted by Gasteiger charge is -2.18. The van der Waals surface area contributed by atoms with Crippen LogP contribution in [0.5, 0.6) is 0 Å². The SMILES string of the molecule is CCCC[C@H](NC(=O)NC(C)C(=O)NCC(C)C)C(=O)O. The van der Waals surface area contributed by atoms with Gasteiger partial charge in [0.25, 0.3) is 0 Å². The quantitative estimate of drug-likeness (QED) is 0.511. The van der Waals surface area contributed by atoms with Crippen LogP contribution in [0.4, 0.5) is 4.79 Å². The van der Waals surface area contributed by atoms with E-state index < -0.39 is 24.1 Å². The molecule has 7 heteroatoms. The summed E-state index contributed by atoms with van der Waals surface area (Å²) in [6.07, 6.45) is 1.93. The predicted octanol–water partition coefficient (Wildman–Crippen LogP) is 1.09. The summed E-state index contributed by atoms with van der Waals surface area (Å²) in [5.74, 6) is -1.05. The summed E-state index contributed by atoms with van der Waals surface area (Å²) >= 11 is 0. The molecule has 2 atom stereocenters. The number of amides is 3. The van der Waals surface area contributed by atoms with E-state index in [9.17, 15) is 14.4 Å². The van der Waals surface area contributed by atoms with E-state index >= 15 is 0 Å². The number of unbranched alkanes of at least 4 members (excludes halogenated alkanes) is 1. The van der Waals surface area contributed by atoms with Gasteiger partial charge in [-0.2, -0.15) is 0 Å². The van der Waals surface area contributed by atoms with Crippen molar-refractivity contribution in [1.29, 1.82) is 0 Å².